The van der Waals surface area contributed by atoms with E-state index in [1.165, 1.54) is 10.4 Å². The van der Waals surface area contributed by atoms with E-state index in [0.29, 0.717) is 0 Å². The summed E-state index contributed by atoms with van der Waals surface area (Å²) >= 11 is 1.70. The Morgan fingerprint density at radius 3 is 2.84 bits per heavy atom. The Hall–Kier alpha value is -2.41. The summed E-state index contributed by atoms with van der Waals surface area (Å²) in [5.74, 6) is 1.88. The van der Waals surface area contributed by atoms with Crippen molar-refractivity contribution in [2.24, 2.45) is 4.99 Å². The molecule has 2 heterocycles. The molecule has 0 aliphatic rings. The number of nitrogens with zero attached hydrogens (tertiary/aromatic N) is 4. The average molecular weight is 356 g/mol. The highest BCUT2D eigenvalue weighted by Gasteiger charge is 2.06. The number of aryl methyl sites for hydroxylation is 3. The monoisotopic (exact) mass is 356 g/mol. The van der Waals surface area contributed by atoms with Crippen LogP contribution < -0.4 is 10.6 Å². The first-order valence-corrected chi connectivity index (χ1v) is 9.26. The molecule has 3 rings (SSSR count). The number of rotatable bonds is 6. The molecule has 0 aliphatic carbocycles. The number of thiazole rings is 1. The molecule has 1 aromatic carbocycles. The van der Waals surface area contributed by atoms with Crippen molar-refractivity contribution < 1.29 is 0 Å². The van der Waals surface area contributed by atoms with E-state index in [4.69, 9.17) is 0 Å². The number of guanidine groups is 1. The SMILES string of the molecule is CN=C(NCCCn1c(C)nc2ccccc21)NCc1cnc(C)s1. The highest BCUT2D eigenvalue weighted by Crippen LogP contribution is 2.15. The van der Waals surface area contributed by atoms with E-state index in [9.17, 15) is 0 Å². The third-order valence-electron chi connectivity index (χ3n) is 4.02. The van der Waals surface area contributed by atoms with Crippen molar-refractivity contribution >= 4 is 28.3 Å². The highest BCUT2D eigenvalue weighted by molar-refractivity contribution is 7.11. The van der Waals surface area contributed by atoms with Gasteiger partial charge in [-0.15, -0.1) is 11.3 Å². The quantitative estimate of drug-likeness (QED) is 0.405. The third kappa shape index (κ3) is 4.36. The van der Waals surface area contributed by atoms with Gasteiger partial charge in [0.25, 0.3) is 0 Å². The molecular weight excluding hydrogens is 332 g/mol. The van der Waals surface area contributed by atoms with Crippen LogP contribution >= 0.6 is 11.3 Å². The molecule has 25 heavy (non-hydrogen) atoms. The lowest BCUT2D eigenvalue weighted by Crippen LogP contribution is -2.37. The van der Waals surface area contributed by atoms with E-state index in [2.05, 4.69) is 55.3 Å². The molecule has 0 spiro atoms. The van der Waals surface area contributed by atoms with Gasteiger partial charge in [0.2, 0.25) is 0 Å². The molecule has 0 bridgehead atoms. The fourth-order valence-electron chi connectivity index (χ4n) is 2.80. The predicted molar refractivity (Wildman–Crippen MR) is 104 cm³/mol. The van der Waals surface area contributed by atoms with Gasteiger partial charge in [0.15, 0.2) is 5.96 Å². The Bertz CT molecular complexity index is 863. The first-order chi connectivity index (χ1) is 12.2. The molecule has 0 saturated heterocycles. The van der Waals surface area contributed by atoms with Crippen molar-refractivity contribution in [2.45, 2.75) is 33.4 Å². The molecule has 0 unspecified atom stereocenters. The minimum absolute atomic E-state index is 0.746. The van der Waals surface area contributed by atoms with Crippen LogP contribution in [0.15, 0.2) is 35.5 Å². The molecule has 2 N–H and O–H groups in total. The van der Waals surface area contributed by atoms with Gasteiger partial charge < -0.3 is 15.2 Å². The molecular formula is C18H24N6S. The third-order valence-corrected chi connectivity index (χ3v) is 4.93. The molecule has 0 amide bonds. The van der Waals surface area contributed by atoms with Crippen molar-refractivity contribution in [3.63, 3.8) is 0 Å². The van der Waals surface area contributed by atoms with Gasteiger partial charge in [-0.05, 0) is 32.4 Å². The maximum Gasteiger partial charge on any atom is 0.191 e. The van der Waals surface area contributed by atoms with Gasteiger partial charge in [0.1, 0.15) is 5.82 Å². The lowest BCUT2D eigenvalue weighted by molar-refractivity contribution is 0.624. The first-order valence-electron chi connectivity index (χ1n) is 8.45. The van der Waals surface area contributed by atoms with Crippen LogP contribution in [-0.4, -0.2) is 34.1 Å². The molecule has 2 aromatic heterocycles. The summed E-state index contributed by atoms with van der Waals surface area (Å²) in [6.45, 7) is 6.61. The van der Waals surface area contributed by atoms with Crippen molar-refractivity contribution in [3.8, 4) is 0 Å². The maximum absolute atomic E-state index is 4.61. The van der Waals surface area contributed by atoms with Crippen LogP contribution in [-0.2, 0) is 13.1 Å². The standard InChI is InChI=1S/C18H24N6S/c1-13-23-16-7-4-5-8-17(16)24(13)10-6-9-20-18(19-3)22-12-15-11-21-14(2)25-15/h4-5,7-8,11H,6,9-10,12H2,1-3H3,(H2,19,20,22). The van der Waals surface area contributed by atoms with Gasteiger partial charge in [-0.1, -0.05) is 12.1 Å². The number of aliphatic imine (C=N–C) groups is 1. The molecule has 132 valence electrons. The summed E-state index contributed by atoms with van der Waals surface area (Å²) in [4.78, 5) is 14.4. The van der Waals surface area contributed by atoms with E-state index in [1.807, 2.05) is 19.2 Å². The zero-order valence-corrected chi connectivity index (χ0v) is 15.7. The number of fused-ring (bicyclic) bond motifs is 1. The number of imidazole rings is 1. The van der Waals surface area contributed by atoms with Crippen molar-refractivity contribution in [1.82, 2.24) is 25.2 Å². The molecule has 0 atom stereocenters. The number of hydrogen-bond donors (Lipinski definition) is 2. The number of benzene rings is 1. The normalized spacial score (nSPS) is 11.9. The van der Waals surface area contributed by atoms with Crippen LogP contribution in [0.4, 0.5) is 0 Å². The highest BCUT2D eigenvalue weighted by atomic mass is 32.1. The Labute approximate surface area is 152 Å². The fraction of sp³-hybridized carbons (Fsp3) is 0.389. The smallest absolute Gasteiger partial charge is 0.191 e. The van der Waals surface area contributed by atoms with Crippen LogP contribution in [0.3, 0.4) is 0 Å². The molecule has 0 fully saturated rings. The second-order valence-electron chi connectivity index (χ2n) is 5.85. The van der Waals surface area contributed by atoms with Gasteiger partial charge in [-0.2, -0.15) is 0 Å². The molecule has 0 saturated carbocycles. The molecule has 0 radical (unpaired) electrons. The van der Waals surface area contributed by atoms with Crippen LogP contribution in [0.1, 0.15) is 22.1 Å². The van der Waals surface area contributed by atoms with E-state index >= 15 is 0 Å². The molecule has 3 aromatic rings. The Kier molecular flexibility index (Phi) is 5.65. The van der Waals surface area contributed by atoms with Crippen LogP contribution in [0, 0.1) is 13.8 Å². The first kappa shape index (κ1) is 17.4. The second kappa shape index (κ2) is 8.11. The van der Waals surface area contributed by atoms with Crippen molar-refractivity contribution in [3.05, 3.63) is 46.2 Å². The zero-order valence-electron chi connectivity index (χ0n) is 14.9. The topological polar surface area (TPSA) is 67.1 Å². The maximum atomic E-state index is 4.61. The lowest BCUT2D eigenvalue weighted by atomic mass is 10.3. The van der Waals surface area contributed by atoms with Gasteiger partial charge in [-0.25, -0.2) is 9.97 Å². The van der Waals surface area contributed by atoms with Crippen LogP contribution in [0.25, 0.3) is 11.0 Å². The van der Waals surface area contributed by atoms with Crippen LogP contribution in [0.5, 0.6) is 0 Å². The van der Waals surface area contributed by atoms with E-state index < -0.39 is 0 Å². The van der Waals surface area contributed by atoms with Gasteiger partial charge in [-0.3, -0.25) is 4.99 Å². The number of hydrogen-bond acceptors (Lipinski definition) is 4. The Morgan fingerprint density at radius 2 is 2.08 bits per heavy atom. The second-order valence-corrected chi connectivity index (χ2v) is 7.17. The minimum atomic E-state index is 0.746. The van der Waals surface area contributed by atoms with E-state index in [0.717, 1.165) is 48.4 Å². The summed E-state index contributed by atoms with van der Waals surface area (Å²) in [5, 5.41) is 7.78. The molecule has 6 nitrogen and oxygen atoms in total. The summed E-state index contributed by atoms with van der Waals surface area (Å²) < 4.78 is 2.27. The summed E-state index contributed by atoms with van der Waals surface area (Å²) in [6, 6.07) is 8.27. The van der Waals surface area contributed by atoms with Crippen molar-refractivity contribution in [2.75, 3.05) is 13.6 Å². The summed E-state index contributed by atoms with van der Waals surface area (Å²) in [6.07, 6.45) is 2.91. The van der Waals surface area contributed by atoms with E-state index in [1.54, 1.807) is 18.4 Å². The van der Waals surface area contributed by atoms with Gasteiger partial charge >= 0.3 is 0 Å². The minimum Gasteiger partial charge on any atom is -0.356 e. The number of nitrogens with one attached hydrogen (secondary N) is 2. The molecule has 7 heteroatoms. The summed E-state index contributed by atoms with van der Waals surface area (Å²) in [5.41, 5.74) is 2.26. The predicted octanol–water partition coefficient (Wildman–Crippen LogP) is 2.86. The average Bonchev–Trinajstić information content (AvgIpc) is 3.17. The molecule has 0 aliphatic heterocycles. The largest absolute Gasteiger partial charge is 0.356 e. The summed E-state index contributed by atoms with van der Waals surface area (Å²) in [7, 11) is 1.79. The van der Waals surface area contributed by atoms with Crippen LogP contribution in [0.2, 0.25) is 0 Å². The fourth-order valence-corrected chi connectivity index (χ4v) is 3.54. The van der Waals surface area contributed by atoms with E-state index in [-0.39, 0.29) is 0 Å². The van der Waals surface area contributed by atoms with Gasteiger partial charge in [0.05, 0.1) is 22.6 Å². The number of para-hydroxylation sites is 2. The van der Waals surface area contributed by atoms with Gasteiger partial charge in [0, 0.05) is 31.2 Å². The number of aromatic nitrogens is 3. The lowest BCUT2D eigenvalue weighted by Gasteiger charge is -2.12. The van der Waals surface area contributed by atoms with Crippen molar-refractivity contribution in [1.29, 1.82) is 0 Å². The Balaban J connectivity index is 1.47. The Morgan fingerprint density at radius 1 is 1.24 bits per heavy atom. The zero-order chi connectivity index (χ0) is 17.6.